The van der Waals surface area contributed by atoms with Crippen molar-refractivity contribution >= 4 is 43.5 Å². The zero-order valence-corrected chi connectivity index (χ0v) is 31.8. The van der Waals surface area contributed by atoms with Gasteiger partial charge in [0.05, 0.1) is 5.75 Å². The molecule has 3 unspecified atom stereocenters. The molecule has 4 aliphatic rings. The molecule has 2 aromatic carbocycles. The van der Waals surface area contributed by atoms with Gasteiger partial charge in [-0.25, -0.2) is 35.9 Å². The van der Waals surface area contributed by atoms with Crippen LogP contribution in [0, 0.1) is 11.8 Å². The number of amides is 4. The molecule has 0 heterocycles. The maximum Gasteiger partial charge on any atom is 0.332 e. The summed E-state index contributed by atoms with van der Waals surface area (Å²) in [7, 11) is -7.71. The average Bonchev–Trinajstić information content (AvgIpc) is 3.86. The SMILES string of the molecule is CCCNCC(C)CS(=O)(=O)NC(=O)Nc1c2c(cc3c1CC(C1CCc4cc5c(c(NC(=O)NS(=O)(=O)CNCCC)c41)CCC5)C3)CCC2. The van der Waals surface area contributed by atoms with E-state index >= 15 is 0 Å². The highest BCUT2D eigenvalue weighted by molar-refractivity contribution is 7.90. The fourth-order valence-corrected chi connectivity index (χ4v) is 10.9. The van der Waals surface area contributed by atoms with E-state index in [4.69, 9.17) is 0 Å². The lowest BCUT2D eigenvalue weighted by molar-refractivity contribution is 0.255. The minimum absolute atomic E-state index is 0.135. The molecule has 0 saturated heterocycles. The van der Waals surface area contributed by atoms with E-state index in [1.54, 1.807) is 0 Å². The molecule has 3 atom stereocenters. The summed E-state index contributed by atoms with van der Waals surface area (Å²) < 4.78 is 55.6. The van der Waals surface area contributed by atoms with Gasteiger partial charge in [-0.2, -0.15) is 0 Å². The summed E-state index contributed by atoms with van der Waals surface area (Å²) in [5, 5.41) is 12.1. The molecular weight excluding hydrogens is 689 g/mol. The summed E-state index contributed by atoms with van der Waals surface area (Å²) in [5.74, 6) is -0.289. The number of benzene rings is 2. The smallest absolute Gasteiger partial charge is 0.316 e. The van der Waals surface area contributed by atoms with Gasteiger partial charge in [0.2, 0.25) is 20.0 Å². The number of urea groups is 2. The predicted octanol–water partition coefficient (Wildman–Crippen LogP) is 4.60. The highest BCUT2D eigenvalue weighted by Crippen LogP contribution is 2.51. The number of carbonyl (C=O) groups is 2. The van der Waals surface area contributed by atoms with E-state index in [0.717, 1.165) is 117 Å². The maximum absolute atomic E-state index is 13.3. The Kier molecular flexibility index (Phi) is 11.6. The predicted molar refractivity (Wildman–Crippen MR) is 201 cm³/mol. The first kappa shape index (κ1) is 37.6. The lowest BCUT2D eigenvalue weighted by Crippen LogP contribution is -2.40. The largest absolute Gasteiger partial charge is 0.332 e. The molecule has 0 spiro atoms. The number of hydrogen-bond donors (Lipinski definition) is 6. The highest BCUT2D eigenvalue weighted by Gasteiger charge is 2.40. The number of carbonyl (C=O) groups excluding carboxylic acids is 2. The molecule has 0 aliphatic heterocycles. The van der Waals surface area contributed by atoms with E-state index in [1.165, 1.54) is 22.3 Å². The van der Waals surface area contributed by atoms with Gasteiger partial charge in [-0.15, -0.1) is 0 Å². The summed E-state index contributed by atoms with van der Waals surface area (Å²) in [4.78, 5) is 26.5. The van der Waals surface area contributed by atoms with Crippen LogP contribution in [0.5, 0.6) is 0 Å². The summed E-state index contributed by atoms with van der Waals surface area (Å²) in [6.07, 6.45) is 10.5. The maximum atomic E-state index is 13.3. The van der Waals surface area contributed by atoms with Crippen molar-refractivity contribution in [3.63, 3.8) is 0 Å². The molecule has 0 radical (unpaired) electrons. The first-order chi connectivity index (χ1) is 24.4. The van der Waals surface area contributed by atoms with Crippen LogP contribution in [0.1, 0.15) is 103 Å². The van der Waals surface area contributed by atoms with Crippen LogP contribution >= 0.6 is 0 Å². The van der Waals surface area contributed by atoms with Crippen LogP contribution in [0.15, 0.2) is 12.1 Å². The Balaban J connectivity index is 1.22. The second kappa shape index (κ2) is 15.8. The molecule has 0 saturated carbocycles. The zero-order chi connectivity index (χ0) is 36.3. The minimum atomic E-state index is -3.86. The van der Waals surface area contributed by atoms with Gasteiger partial charge in [0.1, 0.15) is 5.88 Å². The van der Waals surface area contributed by atoms with Crippen molar-refractivity contribution in [1.82, 2.24) is 20.1 Å². The number of sulfonamides is 2. The summed E-state index contributed by atoms with van der Waals surface area (Å²) >= 11 is 0. The molecule has 0 bridgehead atoms. The third-order valence-electron chi connectivity index (χ3n) is 10.9. The molecule has 4 aliphatic carbocycles. The van der Waals surface area contributed by atoms with E-state index in [1.807, 2.05) is 13.8 Å². The quantitative estimate of drug-likeness (QED) is 0.144. The number of aryl methyl sites for hydroxylation is 3. The molecule has 2 aromatic rings. The Morgan fingerprint density at radius 2 is 1.33 bits per heavy atom. The number of rotatable bonds is 15. The first-order valence-electron chi connectivity index (χ1n) is 18.8. The minimum Gasteiger partial charge on any atom is -0.316 e. The lowest BCUT2D eigenvalue weighted by atomic mass is 9.83. The third kappa shape index (κ3) is 8.72. The number of nitrogens with one attached hydrogen (secondary N) is 6. The van der Waals surface area contributed by atoms with E-state index < -0.39 is 32.1 Å². The molecule has 280 valence electrons. The Labute approximate surface area is 303 Å². The molecule has 51 heavy (non-hydrogen) atoms. The van der Waals surface area contributed by atoms with Crippen LogP contribution in [-0.4, -0.2) is 60.2 Å². The van der Waals surface area contributed by atoms with Crippen molar-refractivity contribution in [3.8, 4) is 0 Å². The van der Waals surface area contributed by atoms with Crippen molar-refractivity contribution in [1.29, 1.82) is 0 Å². The van der Waals surface area contributed by atoms with Gasteiger partial charge in [0.25, 0.3) is 0 Å². The van der Waals surface area contributed by atoms with Gasteiger partial charge in [0, 0.05) is 11.4 Å². The Hall–Kier alpha value is -3.20. The van der Waals surface area contributed by atoms with E-state index in [2.05, 4.69) is 49.8 Å². The Bertz CT molecular complexity index is 1880. The monoisotopic (exact) mass is 742 g/mol. The van der Waals surface area contributed by atoms with Crippen molar-refractivity contribution in [3.05, 3.63) is 56.6 Å². The van der Waals surface area contributed by atoms with Gasteiger partial charge < -0.3 is 21.3 Å². The standard InChI is InChI=1S/C37H54N6O6S2/c1-4-14-38-20-23(3)21-50(46,47)42-36(44)40-34-30-10-6-9-25(30)17-27-18-28(19-32(27)34)29-13-12-26-16-24-8-7-11-31(24)35(33(26)29)41-37(45)43-51(48,49)22-39-15-5-2/h16-17,23,28-29,38-39H,4-15,18-22H2,1-3H3,(H2,40,42,44)(H2,41,43,45). The molecule has 12 nitrogen and oxygen atoms in total. The first-order valence-corrected chi connectivity index (χ1v) is 22.1. The second-order valence-corrected chi connectivity index (χ2v) is 18.5. The molecule has 14 heteroatoms. The highest BCUT2D eigenvalue weighted by atomic mass is 32.2. The molecule has 6 rings (SSSR count). The van der Waals surface area contributed by atoms with Crippen LogP contribution in [0.4, 0.5) is 21.0 Å². The fourth-order valence-electron chi connectivity index (χ4n) is 8.82. The van der Waals surface area contributed by atoms with E-state index in [0.29, 0.717) is 13.1 Å². The molecule has 0 fully saturated rings. The lowest BCUT2D eigenvalue weighted by Gasteiger charge is -2.24. The number of fused-ring (bicyclic) bond motifs is 4. The molecule has 6 N–H and O–H groups in total. The summed E-state index contributed by atoms with van der Waals surface area (Å²) in [5.41, 5.74) is 10.7. The fraction of sp³-hybridized carbons (Fsp3) is 0.622. The van der Waals surface area contributed by atoms with Crippen LogP contribution in [-0.2, 0) is 65.0 Å². The number of anilines is 2. The average molecular weight is 743 g/mol. The topological polar surface area (TPSA) is 175 Å². The third-order valence-corrected chi connectivity index (χ3v) is 13.4. The van der Waals surface area contributed by atoms with Crippen LogP contribution in [0.2, 0.25) is 0 Å². The van der Waals surface area contributed by atoms with Gasteiger partial charge in [-0.05, 0) is 159 Å². The number of hydrogen-bond acceptors (Lipinski definition) is 8. The molecule has 0 aromatic heterocycles. The van der Waals surface area contributed by atoms with Gasteiger partial charge in [0.15, 0.2) is 0 Å². The Morgan fingerprint density at radius 1 is 0.725 bits per heavy atom. The van der Waals surface area contributed by atoms with Gasteiger partial charge >= 0.3 is 12.1 Å². The summed E-state index contributed by atoms with van der Waals surface area (Å²) in [6.45, 7) is 7.76. The van der Waals surface area contributed by atoms with Crippen molar-refractivity contribution in [2.75, 3.05) is 41.9 Å². The molecular formula is C37H54N6O6S2. The van der Waals surface area contributed by atoms with E-state index in [9.17, 15) is 26.4 Å². The van der Waals surface area contributed by atoms with Crippen molar-refractivity contribution in [2.24, 2.45) is 11.8 Å². The van der Waals surface area contributed by atoms with Crippen molar-refractivity contribution < 1.29 is 26.4 Å². The van der Waals surface area contributed by atoms with Gasteiger partial charge in [-0.3, -0.25) is 0 Å². The van der Waals surface area contributed by atoms with E-state index in [-0.39, 0.29) is 29.4 Å². The summed E-state index contributed by atoms with van der Waals surface area (Å²) in [6, 6.07) is 3.10. The molecule has 4 amide bonds. The van der Waals surface area contributed by atoms with Crippen LogP contribution in [0.3, 0.4) is 0 Å². The van der Waals surface area contributed by atoms with Crippen LogP contribution in [0.25, 0.3) is 0 Å². The van der Waals surface area contributed by atoms with Crippen LogP contribution < -0.4 is 30.7 Å². The zero-order valence-electron chi connectivity index (χ0n) is 30.2. The van der Waals surface area contributed by atoms with Crippen molar-refractivity contribution in [2.45, 2.75) is 104 Å². The normalized spacial score (nSPS) is 19.6. The van der Waals surface area contributed by atoms with Gasteiger partial charge in [-0.1, -0.05) is 32.9 Å². The Morgan fingerprint density at radius 3 is 2.02 bits per heavy atom. The second-order valence-electron chi connectivity index (χ2n) is 15.0.